The molecule has 0 spiro atoms. The minimum atomic E-state index is -2.18. The van der Waals surface area contributed by atoms with Crippen LogP contribution in [0.4, 0.5) is 22.0 Å². The molecule has 0 aliphatic rings. The Morgan fingerprint density at radius 1 is 0.789 bits per heavy atom. The van der Waals surface area contributed by atoms with E-state index in [1.54, 1.807) is 6.92 Å². The van der Waals surface area contributed by atoms with Gasteiger partial charge in [0.15, 0.2) is 23.3 Å². The van der Waals surface area contributed by atoms with Crippen LogP contribution in [0.3, 0.4) is 0 Å². The molecule has 0 N–H and O–H groups in total. The first-order valence-corrected chi connectivity index (χ1v) is 5.50. The minimum Gasteiger partial charge on any atom is -0.203 e. The van der Waals surface area contributed by atoms with Crippen LogP contribution in [0.1, 0.15) is 5.56 Å². The van der Waals surface area contributed by atoms with Crippen LogP contribution < -0.4 is 0 Å². The molecule has 0 amide bonds. The van der Waals surface area contributed by atoms with Gasteiger partial charge in [-0.3, -0.25) is 0 Å². The van der Waals surface area contributed by atoms with E-state index in [9.17, 15) is 22.0 Å². The Bertz CT molecular complexity index is 638. The van der Waals surface area contributed by atoms with Gasteiger partial charge in [-0.2, -0.15) is 0 Å². The molecule has 2 aromatic carbocycles. The lowest BCUT2D eigenvalue weighted by atomic mass is 10.0. The SMILES string of the molecule is Cc1cc(-c2c(F)c(F)c(F)c(F)c2F)ccc1Cl. The summed E-state index contributed by atoms with van der Waals surface area (Å²) in [5.74, 6) is -9.84. The van der Waals surface area contributed by atoms with Gasteiger partial charge in [-0.25, -0.2) is 22.0 Å². The fourth-order valence-corrected chi connectivity index (χ4v) is 1.78. The Balaban J connectivity index is 2.79. The second-order valence-corrected chi connectivity index (χ2v) is 4.32. The molecule has 0 unspecified atom stereocenters. The Morgan fingerprint density at radius 2 is 1.26 bits per heavy atom. The largest absolute Gasteiger partial charge is 0.203 e. The molecule has 0 saturated carbocycles. The maximum Gasteiger partial charge on any atom is 0.200 e. The molecule has 0 fully saturated rings. The van der Waals surface area contributed by atoms with E-state index in [0.29, 0.717) is 10.6 Å². The van der Waals surface area contributed by atoms with Gasteiger partial charge in [0, 0.05) is 5.02 Å². The number of benzene rings is 2. The normalized spacial score (nSPS) is 10.9. The summed E-state index contributed by atoms with van der Waals surface area (Å²) < 4.78 is 66.2. The lowest BCUT2D eigenvalue weighted by Gasteiger charge is -2.09. The topological polar surface area (TPSA) is 0 Å². The number of hydrogen-bond donors (Lipinski definition) is 0. The molecule has 0 radical (unpaired) electrons. The highest BCUT2D eigenvalue weighted by atomic mass is 35.5. The van der Waals surface area contributed by atoms with E-state index >= 15 is 0 Å². The maximum absolute atomic E-state index is 13.6. The lowest BCUT2D eigenvalue weighted by molar-refractivity contribution is 0.381. The van der Waals surface area contributed by atoms with E-state index in [0.717, 1.165) is 0 Å². The molecule has 19 heavy (non-hydrogen) atoms. The van der Waals surface area contributed by atoms with Gasteiger partial charge in [-0.15, -0.1) is 0 Å². The summed E-state index contributed by atoms with van der Waals surface area (Å²) in [6.45, 7) is 1.55. The van der Waals surface area contributed by atoms with Crippen LogP contribution in [0.15, 0.2) is 18.2 Å². The number of aryl methyl sites for hydroxylation is 1. The average Bonchev–Trinajstić information content (AvgIpc) is 2.38. The van der Waals surface area contributed by atoms with Gasteiger partial charge in [0.05, 0.1) is 5.56 Å². The van der Waals surface area contributed by atoms with Crippen LogP contribution in [0.5, 0.6) is 0 Å². The predicted octanol–water partition coefficient (Wildman–Crippen LogP) is 5.01. The van der Waals surface area contributed by atoms with Crippen LogP contribution in [0.25, 0.3) is 11.1 Å². The van der Waals surface area contributed by atoms with Crippen molar-refractivity contribution in [3.8, 4) is 11.1 Å². The summed E-state index contributed by atoms with van der Waals surface area (Å²) in [5.41, 5.74) is -0.631. The molecular weight excluding hydrogens is 287 g/mol. The van der Waals surface area contributed by atoms with Gasteiger partial charge >= 0.3 is 0 Å². The molecule has 6 heteroatoms. The second kappa shape index (κ2) is 4.81. The zero-order valence-corrected chi connectivity index (χ0v) is 10.3. The van der Waals surface area contributed by atoms with Crippen LogP contribution in [0, 0.1) is 36.0 Å². The molecule has 0 aliphatic carbocycles. The third kappa shape index (κ3) is 2.18. The molecule has 0 atom stereocenters. The van der Waals surface area contributed by atoms with Crippen molar-refractivity contribution in [2.75, 3.05) is 0 Å². The molecule has 2 rings (SSSR count). The molecule has 0 nitrogen and oxygen atoms in total. The highest BCUT2D eigenvalue weighted by Crippen LogP contribution is 2.33. The van der Waals surface area contributed by atoms with Crippen LogP contribution >= 0.6 is 11.6 Å². The van der Waals surface area contributed by atoms with Crippen molar-refractivity contribution in [1.29, 1.82) is 0 Å². The van der Waals surface area contributed by atoms with Crippen molar-refractivity contribution >= 4 is 11.6 Å². The fourth-order valence-electron chi connectivity index (χ4n) is 1.66. The molecule has 2 aromatic rings. The van der Waals surface area contributed by atoms with Crippen molar-refractivity contribution < 1.29 is 22.0 Å². The summed E-state index contributed by atoms with van der Waals surface area (Å²) in [5, 5.41) is 0.327. The molecule has 0 bridgehead atoms. The molecule has 0 aromatic heterocycles. The zero-order valence-electron chi connectivity index (χ0n) is 9.50. The van der Waals surface area contributed by atoms with E-state index in [1.807, 2.05) is 0 Å². The van der Waals surface area contributed by atoms with Gasteiger partial charge in [0.2, 0.25) is 5.82 Å². The van der Waals surface area contributed by atoms with Crippen LogP contribution in [-0.2, 0) is 0 Å². The summed E-state index contributed by atoms with van der Waals surface area (Å²) in [6, 6.07) is 3.76. The van der Waals surface area contributed by atoms with Crippen molar-refractivity contribution in [3.05, 3.63) is 57.9 Å². The molecular formula is C13H6ClF5. The van der Waals surface area contributed by atoms with Gasteiger partial charge in [-0.1, -0.05) is 17.7 Å². The molecule has 0 heterocycles. The molecule has 0 aliphatic heterocycles. The fraction of sp³-hybridized carbons (Fsp3) is 0.0769. The standard InChI is InChI=1S/C13H6ClF5/c1-5-4-6(2-3-7(5)14)8-9(15)11(17)13(19)12(18)10(8)16/h2-4H,1H3. The quantitative estimate of drug-likeness (QED) is 0.394. The summed E-state index contributed by atoms with van der Waals surface area (Å²) >= 11 is 5.74. The summed E-state index contributed by atoms with van der Waals surface area (Å²) in [6.07, 6.45) is 0. The Hall–Kier alpha value is -1.62. The van der Waals surface area contributed by atoms with Crippen molar-refractivity contribution in [1.82, 2.24) is 0 Å². The van der Waals surface area contributed by atoms with Crippen LogP contribution in [0.2, 0.25) is 5.02 Å². The van der Waals surface area contributed by atoms with Gasteiger partial charge in [-0.05, 0) is 30.2 Å². The zero-order chi connectivity index (χ0) is 14.3. The smallest absolute Gasteiger partial charge is 0.200 e. The average molecular weight is 293 g/mol. The number of halogens is 6. The highest BCUT2D eigenvalue weighted by molar-refractivity contribution is 6.31. The van der Waals surface area contributed by atoms with Crippen molar-refractivity contribution in [2.45, 2.75) is 6.92 Å². The van der Waals surface area contributed by atoms with Gasteiger partial charge in [0.1, 0.15) is 0 Å². The van der Waals surface area contributed by atoms with E-state index in [2.05, 4.69) is 0 Å². The third-order valence-corrected chi connectivity index (χ3v) is 3.08. The Labute approximate surface area is 110 Å². The van der Waals surface area contributed by atoms with E-state index in [1.165, 1.54) is 18.2 Å². The van der Waals surface area contributed by atoms with E-state index < -0.39 is 34.6 Å². The predicted molar refractivity (Wildman–Crippen MR) is 61.4 cm³/mol. The number of rotatable bonds is 1. The first-order valence-electron chi connectivity index (χ1n) is 5.12. The first kappa shape index (κ1) is 13.8. The minimum absolute atomic E-state index is 0.130. The molecule has 100 valence electrons. The molecule has 0 saturated heterocycles. The summed E-state index contributed by atoms with van der Waals surface area (Å²) in [4.78, 5) is 0. The van der Waals surface area contributed by atoms with Gasteiger partial charge in [0.25, 0.3) is 0 Å². The third-order valence-electron chi connectivity index (χ3n) is 2.66. The summed E-state index contributed by atoms with van der Waals surface area (Å²) in [7, 11) is 0. The van der Waals surface area contributed by atoms with Crippen molar-refractivity contribution in [3.63, 3.8) is 0 Å². The van der Waals surface area contributed by atoms with Crippen molar-refractivity contribution in [2.24, 2.45) is 0 Å². The highest BCUT2D eigenvalue weighted by Gasteiger charge is 2.26. The number of hydrogen-bond acceptors (Lipinski definition) is 0. The Kier molecular flexibility index (Phi) is 3.49. The van der Waals surface area contributed by atoms with Crippen LogP contribution in [-0.4, -0.2) is 0 Å². The Morgan fingerprint density at radius 3 is 1.74 bits per heavy atom. The van der Waals surface area contributed by atoms with E-state index in [4.69, 9.17) is 11.6 Å². The monoisotopic (exact) mass is 292 g/mol. The first-order chi connectivity index (χ1) is 8.84. The van der Waals surface area contributed by atoms with E-state index in [-0.39, 0.29) is 5.56 Å². The van der Waals surface area contributed by atoms with Gasteiger partial charge < -0.3 is 0 Å². The maximum atomic E-state index is 13.6. The lowest BCUT2D eigenvalue weighted by Crippen LogP contribution is -2.04. The second-order valence-electron chi connectivity index (χ2n) is 3.91.